The third kappa shape index (κ3) is 4.19. The van der Waals surface area contributed by atoms with E-state index in [1.165, 1.54) is 24.2 Å². The lowest BCUT2D eigenvalue weighted by Gasteiger charge is -2.07. The minimum atomic E-state index is -4.68. The molecule has 0 aromatic carbocycles. The quantitative estimate of drug-likeness (QED) is 0.869. The summed E-state index contributed by atoms with van der Waals surface area (Å²) in [5, 5.41) is 6.35. The number of carbonyl (C=O) groups excluding carboxylic acids is 1. The van der Waals surface area contributed by atoms with Gasteiger partial charge in [-0.2, -0.15) is 18.3 Å². The Bertz CT molecular complexity index is 751. The number of ether oxygens (including phenoxy) is 1. The van der Waals surface area contributed by atoms with Gasteiger partial charge in [0.15, 0.2) is 0 Å². The molecule has 0 aliphatic rings. The number of hydrogen-bond donors (Lipinski definition) is 2. The summed E-state index contributed by atoms with van der Waals surface area (Å²) in [6, 6.07) is 1.46. The summed E-state index contributed by atoms with van der Waals surface area (Å²) in [5.41, 5.74) is -2.46. The van der Waals surface area contributed by atoms with E-state index in [0.29, 0.717) is 24.9 Å². The van der Waals surface area contributed by atoms with Gasteiger partial charge < -0.3 is 15.0 Å². The van der Waals surface area contributed by atoms with Crippen molar-refractivity contribution in [1.29, 1.82) is 0 Å². The molecule has 7 nitrogen and oxygen atoms in total. The van der Waals surface area contributed by atoms with Crippen molar-refractivity contribution in [3.05, 3.63) is 46.1 Å². The minimum Gasteiger partial charge on any atom is -0.383 e. The number of rotatable bonds is 5. The Balaban J connectivity index is 2.12. The molecule has 0 fully saturated rings. The van der Waals surface area contributed by atoms with Crippen LogP contribution in [0.25, 0.3) is 0 Å². The maximum Gasteiger partial charge on any atom is 0.431 e. The molecular formula is C13H13F3N4O3. The summed E-state index contributed by atoms with van der Waals surface area (Å²) < 4.78 is 43.8. The largest absolute Gasteiger partial charge is 0.431 e. The summed E-state index contributed by atoms with van der Waals surface area (Å²) >= 11 is 0. The van der Waals surface area contributed by atoms with Gasteiger partial charge >= 0.3 is 6.18 Å². The Morgan fingerprint density at radius 3 is 2.78 bits per heavy atom. The lowest BCUT2D eigenvalue weighted by atomic mass is 10.2. The molecule has 0 aliphatic heterocycles. The molecule has 0 unspecified atom stereocenters. The second-order valence-electron chi connectivity index (χ2n) is 4.55. The number of anilines is 1. The number of halogens is 3. The molecule has 0 aliphatic carbocycles. The van der Waals surface area contributed by atoms with Crippen LogP contribution in [0.3, 0.4) is 0 Å². The molecule has 0 saturated heterocycles. The number of carbonyl (C=O) groups is 1. The van der Waals surface area contributed by atoms with E-state index in [2.05, 4.69) is 10.4 Å². The zero-order valence-electron chi connectivity index (χ0n) is 12.0. The standard InChI is InChI=1S/C13H13F3N4O3/c1-23-5-4-20-7-8(6-17-20)18-11(21)9-2-3-10(13(14,15)16)19-12(9)22/h2-3,6-7H,4-5H2,1H3,(H,18,21)(H,19,22). The minimum absolute atomic E-state index is 0.311. The van der Waals surface area contributed by atoms with Crippen LogP contribution in [0, 0.1) is 0 Å². The summed E-state index contributed by atoms with van der Waals surface area (Å²) in [6.45, 7) is 0.890. The predicted molar refractivity (Wildman–Crippen MR) is 74.1 cm³/mol. The second kappa shape index (κ2) is 6.65. The first-order valence-corrected chi connectivity index (χ1v) is 6.44. The van der Waals surface area contributed by atoms with Crippen molar-refractivity contribution in [3.8, 4) is 0 Å². The van der Waals surface area contributed by atoms with Crippen molar-refractivity contribution in [2.24, 2.45) is 0 Å². The number of amides is 1. The summed E-state index contributed by atoms with van der Waals surface area (Å²) in [4.78, 5) is 25.2. The Morgan fingerprint density at radius 1 is 1.43 bits per heavy atom. The van der Waals surface area contributed by atoms with Gasteiger partial charge in [-0.1, -0.05) is 0 Å². The molecule has 0 bridgehead atoms. The van der Waals surface area contributed by atoms with Gasteiger partial charge in [0.05, 0.1) is 25.0 Å². The number of H-pyrrole nitrogens is 1. The first-order valence-electron chi connectivity index (χ1n) is 6.44. The molecule has 124 valence electrons. The summed E-state index contributed by atoms with van der Waals surface area (Å²) in [7, 11) is 1.53. The molecule has 23 heavy (non-hydrogen) atoms. The number of aromatic nitrogens is 3. The van der Waals surface area contributed by atoms with Crippen LogP contribution in [0.5, 0.6) is 0 Å². The normalized spacial score (nSPS) is 11.5. The Hall–Kier alpha value is -2.62. The fourth-order valence-electron chi connectivity index (χ4n) is 1.75. The highest BCUT2D eigenvalue weighted by molar-refractivity contribution is 6.03. The molecule has 0 spiro atoms. The molecule has 2 aromatic heterocycles. The number of pyridine rings is 1. The van der Waals surface area contributed by atoms with E-state index in [-0.39, 0.29) is 0 Å². The number of alkyl halides is 3. The van der Waals surface area contributed by atoms with Crippen molar-refractivity contribution in [3.63, 3.8) is 0 Å². The van der Waals surface area contributed by atoms with E-state index < -0.39 is 28.9 Å². The first-order chi connectivity index (χ1) is 10.8. The fraction of sp³-hybridized carbons (Fsp3) is 0.308. The molecule has 2 rings (SSSR count). The van der Waals surface area contributed by atoms with Crippen LogP contribution >= 0.6 is 0 Å². The van der Waals surface area contributed by atoms with E-state index >= 15 is 0 Å². The Labute approximate surface area is 128 Å². The van der Waals surface area contributed by atoms with E-state index in [1.54, 1.807) is 4.98 Å². The monoisotopic (exact) mass is 330 g/mol. The first kappa shape index (κ1) is 16.7. The smallest absolute Gasteiger partial charge is 0.383 e. The fourth-order valence-corrected chi connectivity index (χ4v) is 1.75. The third-order valence-electron chi connectivity index (χ3n) is 2.88. The van der Waals surface area contributed by atoms with Crippen LogP contribution in [-0.2, 0) is 17.5 Å². The average molecular weight is 330 g/mol. The van der Waals surface area contributed by atoms with Gasteiger partial charge in [-0.15, -0.1) is 0 Å². The Kier molecular flexibility index (Phi) is 4.84. The average Bonchev–Trinajstić information content (AvgIpc) is 2.91. The Morgan fingerprint density at radius 2 is 2.17 bits per heavy atom. The van der Waals surface area contributed by atoms with Gasteiger partial charge in [-0.3, -0.25) is 14.3 Å². The molecule has 0 radical (unpaired) electrons. The molecule has 0 saturated carbocycles. The number of hydrogen-bond acceptors (Lipinski definition) is 4. The summed E-state index contributed by atoms with van der Waals surface area (Å²) in [6.07, 6.45) is -1.82. The molecule has 2 N–H and O–H groups in total. The molecule has 2 aromatic rings. The van der Waals surface area contributed by atoms with E-state index in [1.807, 2.05) is 0 Å². The second-order valence-corrected chi connectivity index (χ2v) is 4.55. The van der Waals surface area contributed by atoms with Gasteiger partial charge in [0.25, 0.3) is 11.5 Å². The van der Waals surface area contributed by atoms with Crippen LogP contribution in [0.4, 0.5) is 18.9 Å². The van der Waals surface area contributed by atoms with E-state index in [9.17, 15) is 22.8 Å². The van der Waals surface area contributed by atoms with Gasteiger partial charge in [0.1, 0.15) is 11.3 Å². The van der Waals surface area contributed by atoms with Crippen LogP contribution in [-0.4, -0.2) is 34.4 Å². The lowest BCUT2D eigenvalue weighted by Crippen LogP contribution is -2.25. The molecular weight excluding hydrogens is 317 g/mol. The van der Waals surface area contributed by atoms with Gasteiger partial charge in [0, 0.05) is 13.3 Å². The van der Waals surface area contributed by atoms with Crippen LogP contribution in [0.1, 0.15) is 16.1 Å². The zero-order chi connectivity index (χ0) is 17.0. The highest BCUT2D eigenvalue weighted by Crippen LogP contribution is 2.26. The van der Waals surface area contributed by atoms with E-state index in [0.717, 1.165) is 6.07 Å². The highest BCUT2D eigenvalue weighted by Gasteiger charge is 2.32. The summed E-state index contributed by atoms with van der Waals surface area (Å²) in [5.74, 6) is -0.828. The number of aromatic amines is 1. The van der Waals surface area contributed by atoms with Crippen LogP contribution in [0.15, 0.2) is 29.3 Å². The third-order valence-corrected chi connectivity index (χ3v) is 2.88. The van der Waals surface area contributed by atoms with Crippen LogP contribution in [0.2, 0.25) is 0 Å². The van der Waals surface area contributed by atoms with E-state index in [4.69, 9.17) is 4.74 Å². The highest BCUT2D eigenvalue weighted by atomic mass is 19.4. The zero-order valence-corrected chi connectivity index (χ0v) is 12.0. The number of nitrogens with zero attached hydrogens (tertiary/aromatic N) is 2. The number of methoxy groups -OCH3 is 1. The van der Waals surface area contributed by atoms with Crippen LogP contribution < -0.4 is 10.9 Å². The molecule has 2 heterocycles. The van der Waals surface area contributed by atoms with Crippen molar-refractivity contribution in [2.45, 2.75) is 12.7 Å². The maximum atomic E-state index is 12.5. The predicted octanol–water partition coefficient (Wildman–Crippen LogP) is 1.49. The van der Waals surface area contributed by atoms with Gasteiger partial charge in [-0.05, 0) is 12.1 Å². The topological polar surface area (TPSA) is 89.0 Å². The SMILES string of the molecule is COCCn1cc(NC(=O)c2ccc(C(F)(F)F)[nH]c2=O)cn1. The molecule has 0 atom stereocenters. The molecule has 1 amide bonds. The maximum absolute atomic E-state index is 12.5. The molecule has 10 heteroatoms. The van der Waals surface area contributed by atoms with Gasteiger partial charge in [0.2, 0.25) is 0 Å². The lowest BCUT2D eigenvalue weighted by molar-refractivity contribution is -0.141. The van der Waals surface area contributed by atoms with Crippen molar-refractivity contribution in [2.75, 3.05) is 19.0 Å². The van der Waals surface area contributed by atoms with Crippen molar-refractivity contribution >= 4 is 11.6 Å². The number of nitrogens with one attached hydrogen (secondary N) is 2. The van der Waals surface area contributed by atoms with Gasteiger partial charge in [-0.25, -0.2) is 0 Å². The van der Waals surface area contributed by atoms with Crippen molar-refractivity contribution < 1.29 is 22.7 Å². The van der Waals surface area contributed by atoms with Crippen molar-refractivity contribution in [1.82, 2.24) is 14.8 Å².